The van der Waals surface area contributed by atoms with Crippen LogP contribution in [0.25, 0.3) is 0 Å². The van der Waals surface area contributed by atoms with E-state index in [1.807, 2.05) is 0 Å². The van der Waals surface area contributed by atoms with Gasteiger partial charge in [-0.3, -0.25) is 0 Å². The second-order valence-corrected chi connectivity index (χ2v) is 8.47. The number of sulfonamides is 1. The molecule has 0 fully saturated rings. The molecule has 1 aromatic carbocycles. The SMILES string of the molecule is CC(c1ccccc1)S(=O)(=O)NCCS(C)(=O)=O. The highest BCUT2D eigenvalue weighted by atomic mass is 32.2. The lowest BCUT2D eigenvalue weighted by atomic mass is 10.2. The molecule has 102 valence electrons. The van der Waals surface area contributed by atoms with Crippen molar-refractivity contribution in [3.05, 3.63) is 35.9 Å². The summed E-state index contributed by atoms with van der Waals surface area (Å²) in [5.41, 5.74) is 0.671. The first-order valence-corrected chi connectivity index (χ1v) is 9.04. The van der Waals surface area contributed by atoms with Crippen LogP contribution in [0.3, 0.4) is 0 Å². The maximum Gasteiger partial charge on any atom is 0.218 e. The first-order chi connectivity index (χ1) is 8.22. The van der Waals surface area contributed by atoms with E-state index < -0.39 is 25.1 Å². The molecule has 0 aliphatic heterocycles. The molecule has 1 unspecified atom stereocenters. The van der Waals surface area contributed by atoms with E-state index in [2.05, 4.69) is 4.72 Å². The van der Waals surface area contributed by atoms with E-state index in [4.69, 9.17) is 0 Å². The van der Waals surface area contributed by atoms with Crippen LogP contribution in [0.4, 0.5) is 0 Å². The third kappa shape index (κ3) is 4.75. The van der Waals surface area contributed by atoms with Gasteiger partial charge in [-0.15, -0.1) is 0 Å². The monoisotopic (exact) mass is 291 g/mol. The molecule has 1 atom stereocenters. The molecule has 5 nitrogen and oxygen atoms in total. The van der Waals surface area contributed by atoms with Crippen molar-refractivity contribution in [3.63, 3.8) is 0 Å². The Kier molecular flexibility index (Phi) is 4.89. The van der Waals surface area contributed by atoms with Crippen LogP contribution in [0.15, 0.2) is 30.3 Å². The van der Waals surface area contributed by atoms with Crippen molar-refractivity contribution >= 4 is 19.9 Å². The maximum atomic E-state index is 11.9. The Labute approximate surface area is 108 Å². The molecule has 7 heteroatoms. The minimum atomic E-state index is -3.55. The fourth-order valence-electron chi connectivity index (χ4n) is 1.40. The van der Waals surface area contributed by atoms with Crippen molar-refractivity contribution in [2.45, 2.75) is 12.2 Å². The normalized spacial score (nSPS) is 14.3. The Morgan fingerprint density at radius 3 is 2.17 bits per heavy atom. The molecule has 1 aromatic rings. The molecule has 0 aromatic heterocycles. The molecule has 0 aliphatic rings. The summed E-state index contributed by atoms with van der Waals surface area (Å²) < 4.78 is 48.0. The van der Waals surface area contributed by atoms with Gasteiger partial charge in [0.15, 0.2) is 0 Å². The first kappa shape index (κ1) is 15.1. The van der Waals surface area contributed by atoms with Crippen LogP contribution in [0, 0.1) is 0 Å². The van der Waals surface area contributed by atoms with Gasteiger partial charge in [0.05, 0.1) is 11.0 Å². The summed E-state index contributed by atoms with van der Waals surface area (Å²) in [5.74, 6) is -0.201. The third-order valence-corrected chi connectivity index (χ3v) is 5.27. The molecule has 0 heterocycles. The Balaban J connectivity index is 2.70. The van der Waals surface area contributed by atoms with Gasteiger partial charge in [-0.25, -0.2) is 21.6 Å². The highest BCUT2D eigenvalue weighted by Crippen LogP contribution is 2.19. The van der Waals surface area contributed by atoms with E-state index in [0.29, 0.717) is 5.56 Å². The Hall–Kier alpha value is -0.920. The summed E-state index contributed by atoms with van der Waals surface area (Å²) >= 11 is 0. The molecular formula is C11H17NO4S2. The molecule has 0 aliphatic carbocycles. The lowest BCUT2D eigenvalue weighted by Gasteiger charge is -2.13. The fourth-order valence-corrected chi connectivity index (χ4v) is 3.15. The lowest BCUT2D eigenvalue weighted by Crippen LogP contribution is -2.31. The lowest BCUT2D eigenvalue weighted by molar-refractivity contribution is 0.572. The topological polar surface area (TPSA) is 80.3 Å². The predicted molar refractivity (Wildman–Crippen MR) is 71.5 cm³/mol. The molecule has 0 radical (unpaired) electrons. The van der Waals surface area contributed by atoms with Crippen LogP contribution in [0.2, 0.25) is 0 Å². The highest BCUT2D eigenvalue weighted by Gasteiger charge is 2.22. The van der Waals surface area contributed by atoms with Gasteiger partial charge in [-0.2, -0.15) is 0 Å². The zero-order chi connectivity index (χ0) is 13.8. The average Bonchev–Trinajstić information content (AvgIpc) is 2.27. The Morgan fingerprint density at radius 1 is 1.11 bits per heavy atom. The molecule has 0 saturated carbocycles. The molecule has 18 heavy (non-hydrogen) atoms. The zero-order valence-electron chi connectivity index (χ0n) is 10.3. The van der Waals surface area contributed by atoms with Gasteiger partial charge in [0, 0.05) is 12.8 Å². The number of benzene rings is 1. The Morgan fingerprint density at radius 2 is 1.67 bits per heavy atom. The molecule has 0 amide bonds. The van der Waals surface area contributed by atoms with Crippen LogP contribution in [0.5, 0.6) is 0 Å². The van der Waals surface area contributed by atoms with E-state index in [9.17, 15) is 16.8 Å². The van der Waals surface area contributed by atoms with Gasteiger partial charge in [0.1, 0.15) is 9.84 Å². The van der Waals surface area contributed by atoms with E-state index in [1.165, 1.54) is 0 Å². The van der Waals surface area contributed by atoms with Gasteiger partial charge in [0.25, 0.3) is 0 Å². The van der Waals surface area contributed by atoms with E-state index in [0.717, 1.165) is 6.26 Å². The second-order valence-electron chi connectivity index (χ2n) is 4.12. The summed E-state index contributed by atoms with van der Waals surface area (Å²) in [6.45, 7) is 1.47. The van der Waals surface area contributed by atoms with Crippen molar-refractivity contribution < 1.29 is 16.8 Å². The van der Waals surface area contributed by atoms with Crippen molar-refractivity contribution in [2.75, 3.05) is 18.6 Å². The average molecular weight is 291 g/mol. The van der Waals surface area contributed by atoms with E-state index in [1.54, 1.807) is 37.3 Å². The third-order valence-electron chi connectivity index (χ3n) is 2.51. The van der Waals surface area contributed by atoms with E-state index >= 15 is 0 Å². The van der Waals surface area contributed by atoms with Gasteiger partial charge in [0.2, 0.25) is 10.0 Å². The summed E-state index contributed by atoms with van der Waals surface area (Å²) in [7, 11) is -6.71. The van der Waals surface area contributed by atoms with Crippen LogP contribution in [0.1, 0.15) is 17.7 Å². The summed E-state index contributed by atoms with van der Waals surface area (Å²) in [6.07, 6.45) is 1.07. The number of rotatable bonds is 6. The minimum absolute atomic E-state index is 0.0989. The van der Waals surface area contributed by atoms with Crippen molar-refractivity contribution in [1.82, 2.24) is 4.72 Å². The number of hydrogen-bond acceptors (Lipinski definition) is 4. The molecule has 0 spiro atoms. The van der Waals surface area contributed by atoms with Crippen molar-refractivity contribution in [2.24, 2.45) is 0 Å². The molecule has 0 saturated heterocycles. The van der Waals surface area contributed by atoms with Crippen molar-refractivity contribution in [3.8, 4) is 0 Å². The number of nitrogens with one attached hydrogen (secondary N) is 1. The van der Waals surface area contributed by atoms with Crippen LogP contribution >= 0.6 is 0 Å². The Bertz CT molecular complexity index is 579. The summed E-state index contributed by atoms with van der Waals surface area (Å²) in [6, 6.07) is 8.77. The maximum absolute atomic E-state index is 11.9. The van der Waals surface area contributed by atoms with Gasteiger partial charge < -0.3 is 0 Å². The van der Waals surface area contributed by atoms with E-state index in [-0.39, 0.29) is 12.3 Å². The van der Waals surface area contributed by atoms with Crippen molar-refractivity contribution in [1.29, 1.82) is 0 Å². The van der Waals surface area contributed by atoms with Crippen LogP contribution in [-0.2, 0) is 19.9 Å². The molecule has 1 N–H and O–H groups in total. The smallest absolute Gasteiger partial charge is 0.218 e. The standard InChI is InChI=1S/C11H17NO4S2/c1-10(11-6-4-3-5-7-11)18(15,16)12-8-9-17(2,13)14/h3-7,10,12H,8-9H2,1-2H3. The molecule has 0 bridgehead atoms. The highest BCUT2D eigenvalue weighted by molar-refractivity contribution is 7.91. The van der Waals surface area contributed by atoms with Crippen LogP contribution < -0.4 is 4.72 Å². The fraction of sp³-hybridized carbons (Fsp3) is 0.455. The van der Waals surface area contributed by atoms with Crippen LogP contribution in [-0.4, -0.2) is 35.4 Å². The number of hydrogen-bond donors (Lipinski definition) is 1. The van der Waals surface area contributed by atoms with Gasteiger partial charge in [-0.1, -0.05) is 30.3 Å². The zero-order valence-corrected chi connectivity index (χ0v) is 12.0. The largest absolute Gasteiger partial charge is 0.229 e. The first-order valence-electron chi connectivity index (χ1n) is 5.43. The minimum Gasteiger partial charge on any atom is -0.229 e. The summed E-state index contributed by atoms with van der Waals surface area (Å²) in [4.78, 5) is 0. The molecule has 1 rings (SSSR count). The number of sulfone groups is 1. The molecular weight excluding hydrogens is 274 g/mol. The van der Waals surface area contributed by atoms with Gasteiger partial charge >= 0.3 is 0 Å². The van der Waals surface area contributed by atoms with Gasteiger partial charge in [-0.05, 0) is 12.5 Å². The predicted octanol–water partition coefficient (Wildman–Crippen LogP) is 0.712. The second kappa shape index (κ2) is 5.81. The quantitative estimate of drug-likeness (QED) is 0.837. The summed E-state index contributed by atoms with van der Waals surface area (Å²) in [5, 5.41) is -0.710.